The van der Waals surface area contributed by atoms with Gasteiger partial charge in [-0.1, -0.05) is 23.7 Å². The van der Waals surface area contributed by atoms with Crippen molar-refractivity contribution in [2.75, 3.05) is 20.1 Å². The average Bonchev–Trinajstić information content (AvgIpc) is 2.98. The molecule has 2 rings (SSSR count). The predicted molar refractivity (Wildman–Crippen MR) is 68.5 cm³/mol. The molecular weight excluding hydrogens is 220 g/mol. The third-order valence-electron chi connectivity index (χ3n) is 3.34. The number of hydrogen-bond donors (Lipinski definition) is 1. The van der Waals surface area contributed by atoms with E-state index >= 15 is 0 Å². The fourth-order valence-corrected chi connectivity index (χ4v) is 2.39. The third-order valence-corrected chi connectivity index (χ3v) is 3.57. The fourth-order valence-electron chi connectivity index (χ4n) is 2.18. The Bertz CT molecular complexity index is 361. The van der Waals surface area contributed by atoms with Gasteiger partial charge >= 0.3 is 0 Å². The van der Waals surface area contributed by atoms with Crippen LogP contribution >= 0.6 is 11.6 Å². The van der Waals surface area contributed by atoms with E-state index in [0.29, 0.717) is 5.41 Å². The molecule has 1 fully saturated rings. The van der Waals surface area contributed by atoms with E-state index in [1.807, 2.05) is 18.2 Å². The Hall–Kier alpha value is -0.570. The van der Waals surface area contributed by atoms with Gasteiger partial charge in [0.2, 0.25) is 0 Å². The summed E-state index contributed by atoms with van der Waals surface area (Å²) in [7, 11) is 2.15. The lowest BCUT2D eigenvalue weighted by Crippen LogP contribution is -2.31. The highest BCUT2D eigenvalue weighted by Crippen LogP contribution is 2.45. The van der Waals surface area contributed by atoms with Gasteiger partial charge in [0, 0.05) is 18.1 Å². The number of halogens is 1. The van der Waals surface area contributed by atoms with Gasteiger partial charge in [0.25, 0.3) is 0 Å². The first-order chi connectivity index (χ1) is 7.63. The van der Waals surface area contributed by atoms with Gasteiger partial charge in [-0.05, 0) is 49.5 Å². The topological polar surface area (TPSA) is 29.3 Å². The van der Waals surface area contributed by atoms with Crippen LogP contribution in [0, 0.1) is 5.41 Å². The Labute approximate surface area is 102 Å². The van der Waals surface area contributed by atoms with Crippen LogP contribution < -0.4 is 5.73 Å². The zero-order valence-corrected chi connectivity index (χ0v) is 10.5. The van der Waals surface area contributed by atoms with E-state index in [9.17, 15) is 0 Å². The SMILES string of the molecule is CN(Cc1cccc(Cl)c1)CC1(CN)CC1. The van der Waals surface area contributed by atoms with Crippen molar-refractivity contribution in [3.8, 4) is 0 Å². The highest BCUT2D eigenvalue weighted by atomic mass is 35.5. The van der Waals surface area contributed by atoms with E-state index in [-0.39, 0.29) is 0 Å². The highest BCUT2D eigenvalue weighted by molar-refractivity contribution is 6.30. The molecule has 1 aliphatic carbocycles. The zero-order chi connectivity index (χ0) is 11.6. The molecule has 16 heavy (non-hydrogen) atoms. The second-order valence-electron chi connectivity index (χ2n) is 5.01. The Morgan fingerprint density at radius 1 is 1.44 bits per heavy atom. The third kappa shape index (κ3) is 2.97. The maximum Gasteiger partial charge on any atom is 0.0409 e. The van der Waals surface area contributed by atoms with Crippen molar-refractivity contribution in [3.63, 3.8) is 0 Å². The molecule has 0 atom stereocenters. The van der Waals surface area contributed by atoms with Crippen LogP contribution in [0.2, 0.25) is 5.02 Å². The monoisotopic (exact) mass is 238 g/mol. The molecule has 0 saturated heterocycles. The summed E-state index contributed by atoms with van der Waals surface area (Å²) in [5.74, 6) is 0. The lowest BCUT2D eigenvalue weighted by Gasteiger charge is -2.22. The minimum atomic E-state index is 0.410. The van der Waals surface area contributed by atoms with Crippen LogP contribution in [-0.2, 0) is 6.54 Å². The Morgan fingerprint density at radius 2 is 2.19 bits per heavy atom. The summed E-state index contributed by atoms with van der Waals surface area (Å²) in [5, 5.41) is 0.811. The van der Waals surface area contributed by atoms with Crippen LogP contribution in [0.5, 0.6) is 0 Å². The van der Waals surface area contributed by atoms with Crippen LogP contribution in [0.4, 0.5) is 0 Å². The molecule has 0 radical (unpaired) electrons. The van der Waals surface area contributed by atoms with Crippen molar-refractivity contribution in [2.45, 2.75) is 19.4 Å². The van der Waals surface area contributed by atoms with Crippen LogP contribution in [0.15, 0.2) is 24.3 Å². The summed E-state index contributed by atoms with van der Waals surface area (Å²) in [6.45, 7) is 2.85. The molecule has 0 amide bonds. The first-order valence-electron chi connectivity index (χ1n) is 5.77. The van der Waals surface area contributed by atoms with E-state index in [1.54, 1.807) is 0 Å². The molecule has 0 aromatic heterocycles. The molecule has 1 aliphatic rings. The first kappa shape index (κ1) is 11.9. The Balaban J connectivity index is 1.89. The summed E-state index contributed by atoms with van der Waals surface area (Å²) in [4.78, 5) is 2.34. The molecule has 88 valence electrons. The van der Waals surface area contributed by atoms with Gasteiger partial charge in [-0.3, -0.25) is 0 Å². The summed E-state index contributed by atoms with van der Waals surface area (Å²) in [6.07, 6.45) is 2.56. The maximum atomic E-state index is 5.96. The van der Waals surface area contributed by atoms with Crippen LogP contribution in [-0.4, -0.2) is 25.0 Å². The number of hydrogen-bond acceptors (Lipinski definition) is 2. The summed E-state index contributed by atoms with van der Waals surface area (Å²) < 4.78 is 0. The smallest absolute Gasteiger partial charge is 0.0409 e. The second kappa shape index (κ2) is 4.74. The van der Waals surface area contributed by atoms with Gasteiger partial charge in [-0.25, -0.2) is 0 Å². The van der Waals surface area contributed by atoms with Gasteiger partial charge in [0.15, 0.2) is 0 Å². The first-order valence-corrected chi connectivity index (χ1v) is 6.14. The van der Waals surface area contributed by atoms with E-state index in [2.05, 4.69) is 18.0 Å². The molecule has 1 aromatic carbocycles. The fraction of sp³-hybridized carbons (Fsp3) is 0.538. The second-order valence-corrected chi connectivity index (χ2v) is 5.44. The summed E-state index contributed by atoms with van der Waals surface area (Å²) >= 11 is 5.96. The molecular formula is C13H19ClN2. The Kier molecular flexibility index (Phi) is 3.53. The molecule has 2 N–H and O–H groups in total. The van der Waals surface area contributed by atoms with Crippen molar-refractivity contribution in [2.24, 2.45) is 11.1 Å². The molecule has 1 saturated carbocycles. The van der Waals surface area contributed by atoms with E-state index < -0.39 is 0 Å². The van der Waals surface area contributed by atoms with Crippen molar-refractivity contribution >= 4 is 11.6 Å². The predicted octanol–water partition coefficient (Wildman–Crippen LogP) is 2.51. The van der Waals surface area contributed by atoms with Crippen LogP contribution in [0.25, 0.3) is 0 Å². The number of benzene rings is 1. The molecule has 0 aliphatic heterocycles. The van der Waals surface area contributed by atoms with Crippen molar-refractivity contribution < 1.29 is 0 Å². The highest BCUT2D eigenvalue weighted by Gasteiger charge is 2.41. The standard InChI is InChI=1S/C13H19ClN2/c1-16(10-13(9-15)5-6-13)8-11-3-2-4-12(14)7-11/h2-4,7H,5-6,8-10,15H2,1H3. The quantitative estimate of drug-likeness (QED) is 0.854. The minimum absolute atomic E-state index is 0.410. The average molecular weight is 239 g/mol. The molecule has 0 heterocycles. The number of nitrogens with zero attached hydrogens (tertiary/aromatic N) is 1. The summed E-state index contributed by atoms with van der Waals surface area (Å²) in [5.41, 5.74) is 7.46. The van der Waals surface area contributed by atoms with Gasteiger partial charge in [0.1, 0.15) is 0 Å². The summed E-state index contributed by atoms with van der Waals surface area (Å²) in [6, 6.07) is 8.05. The molecule has 2 nitrogen and oxygen atoms in total. The molecule has 3 heteroatoms. The van der Waals surface area contributed by atoms with Crippen LogP contribution in [0.1, 0.15) is 18.4 Å². The van der Waals surface area contributed by atoms with Crippen LogP contribution in [0.3, 0.4) is 0 Å². The number of rotatable bonds is 5. The number of nitrogens with two attached hydrogens (primary N) is 1. The van der Waals surface area contributed by atoms with Gasteiger partial charge in [0.05, 0.1) is 0 Å². The lowest BCUT2D eigenvalue weighted by atomic mass is 10.1. The van der Waals surface area contributed by atoms with Gasteiger partial charge in [-0.15, -0.1) is 0 Å². The lowest BCUT2D eigenvalue weighted by molar-refractivity contribution is 0.259. The van der Waals surface area contributed by atoms with Gasteiger partial charge in [-0.2, -0.15) is 0 Å². The van der Waals surface area contributed by atoms with E-state index in [1.165, 1.54) is 18.4 Å². The van der Waals surface area contributed by atoms with Gasteiger partial charge < -0.3 is 10.6 Å². The normalized spacial score (nSPS) is 17.8. The molecule has 0 unspecified atom stereocenters. The van der Waals surface area contributed by atoms with Crippen molar-refractivity contribution in [1.29, 1.82) is 0 Å². The van der Waals surface area contributed by atoms with E-state index in [0.717, 1.165) is 24.7 Å². The Morgan fingerprint density at radius 3 is 2.75 bits per heavy atom. The molecule has 0 spiro atoms. The zero-order valence-electron chi connectivity index (χ0n) is 9.75. The molecule has 1 aromatic rings. The van der Waals surface area contributed by atoms with Crippen molar-refractivity contribution in [3.05, 3.63) is 34.9 Å². The maximum absolute atomic E-state index is 5.96. The molecule has 0 bridgehead atoms. The van der Waals surface area contributed by atoms with E-state index in [4.69, 9.17) is 17.3 Å². The van der Waals surface area contributed by atoms with Crippen molar-refractivity contribution in [1.82, 2.24) is 4.90 Å². The minimum Gasteiger partial charge on any atom is -0.330 e. The largest absolute Gasteiger partial charge is 0.330 e.